The van der Waals surface area contributed by atoms with Gasteiger partial charge in [0, 0.05) is 11.6 Å². The van der Waals surface area contributed by atoms with E-state index in [0.29, 0.717) is 5.54 Å². The van der Waals surface area contributed by atoms with Crippen LogP contribution in [0.1, 0.15) is 46.0 Å². The van der Waals surface area contributed by atoms with E-state index in [0.717, 1.165) is 12.0 Å². The first-order chi connectivity index (χ1) is 6.68. The standard InChI is InChI=1S/C12H24N2/c1-10-8-11(4-7-13-10)9-14-12(2)5-3-6-12/h10-11,13-14H,3-9H2,1-2H3. The lowest BCUT2D eigenvalue weighted by molar-refractivity contribution is 0.184. The minimum absolute atomic E-state index is 0.494. The average molecular weight is 196 g/mol. The van der Waals surface area contributed by atoms with Crippen LogP contribution in [-0.2, 0) is 0 Å². The average Bonchev–Trinajstić information content (AvgIpc) is 2.12. The van der Waals surface area contributed by atoms with Crippen LogP contribution < -0.4 is 10.6 Å². The van der Waals surface area contributed by atoms with E-state index < -0.39 is 0 Å². The van der Waals surface area contributed by atoms with Crippen LogP contribution in [0.25, 0.3) is 0 Å². The molecule has 0 aromatic rings. The van der Waals surface area contributed by atoms with Crippen LogP contribution in [0.4, 0.5) is 0 Å². The molecule has 2 heteroatoms. The number of hydrogen-bond acceptors (Lipinski definition) is 2. The maximum atomic E-state index is 3.76. The lowest BCUT2D eigenvalue weighted by atomic mass is 9.78. The molecule has 0 bridgehead atoms. The molecule has 0 spiro atoms. The highest BCUT2D eigenvalue weighted by Crippen LogP contribution is 2.31. The minimum atomic E-state index is 0.494. The Bertz CT molecular complexity index is 187. The first-order valence-electron chi connectivity index (χ1n) is 6.16. The summed E-state index contributed by atoms with van der Waals surface area (Å²) in [6.07, 6.45) is 6.89. The van der Waals surface area contributed by atoms with Gasteiger partial charge < -0.3 is 10.6 Å². The zero-order valence-electron chi connectivity index (χ0n) is 9.60. The van der Waals surface area contributed by atoms with Gasteiger partial charge in [-0.2, -0.15) is 0 Å². The fourth-order valence-electron chi connectivity index (χ4n) is 2.70. The molecule has 1 saturated carbocycles. The lowest BCUT2D eigenvalue weighted by Gasteiger charge is -2.41. The van der Waals surface area contributed by atoms with Gasteiger partial charge in [0.2, 0.25) is 0 Å². The van der Waals surface area contributed by atoms with E-state index in [4.69, 9.17) is 0 Å². The zero-order chi connectivity index (χ0) is 10.0. The molecule has 1 saturated heterocycles. The van der Waals surface area contributed by atoms with Crippen molar-refractivity contribution in [3.63, 3.8) is 0 Å². The molecule has 2 N–H and O–H groups in total. The zero-order valence-corrected chi connectivity index (χ0v) is 9.60. The quantitative estimate of drug-likeness (QED) is 0.720. The Morgan fingerprint density at radius 3 is 2.79 bits per heavy atom. The predicted octanol–water partition coefficient (Wildman–Crippen LogP) is 1.91. The van der Waals surface area contributed by atoms with E-state index >= 15 is 0 Å². The molecular weight excluding hydrogens is 172 g/mol. The van der Waals surface area contributed by atoms with E-state index in [1.165, 1.54) is 45.2 Å². The van der Waals surface area contributed by atoms with Crippen molar-refractivity contribution in [1.29, 1.82) is 0 Å². The van der Waals surface area contributed by atoms with E-state index in [9.17, 15) is 0 Å². The summed E-state index contributed by atoms with van der Waals surface area (Å²) < 4.78 is 0. The first kappa shape index (κ1) is 10.4. The second-order valence-corrected chi connectivity index (χ2v) is 5.54. The SMILES string of the molecule is CC1CC(CNC2(C)CCC2)CCN1. The van der Waals surface area contributed by atoms with Crippen molar-refractivity contribution < 1.29 is 0 Å². The lowest BCUT2D eigenvalue weighted by Crippen LogP contribution is -2.51. The van der Waals surface area contributed by atoms with Gasteiger partial charge >= 0.3 is 0 Å². The van der Waals surface area contributed by atoms with E-state index in [-0.39, 0.29) is 0 Å². The highest BCUT2D eigenvalue weighted by atomic mass is 15.0. The minimum Gasteiger partial charge on any atom is -0.314 e. The number of nitrogens with one attached hydrogen (secondary N) is 2. The van der Waals surface area contributed by atoms with Gasteiger partial charge in [-0.1, -0.05) is 0 Å². The van der Waals surface area contributed by atoms with Crippen molar-refractivity contribution in [2.24, 2.45) is 5.92 Å². The molecule has 0 aromatic carbocycles. The molecule has 2 nitrogen and oxygen atoms in total. The molecule has 2 aliphatic rings. The first-order valence-corrected chi connectivity index (χ1v) is 6.16. The summed E-state index contributed by atoms with van der Waals surface area (Å²) >= 11 is 0. The largest absolute Gasteiger partial charge is 0.314 e. The van der Waals surface area contributed by atoms with Gasteiger partial charge in [0.1, 0.15) is 0 Å². The van der Waals surface area contributed by atoms with Crippen molar-refractivity contribution in [3.05, 3.63) is 0 Å². The van der Waals surface area contributed by atoms with Crippen molar-refractivity contribution in [2.45, 2.75) is 57.5 Å². The summed E-state index contributed by atoms with van der Waals surface area (Å²) in [5, 5.41) is 7.27. The van der Waals surface area contributed by atoms with Crippen molar-refractivity contribution in [1.82, 2.24) is 10.6 Å². The van der Waals surface area contributed by atoms with Gasteiger partial charge in [0.05, 0.1) is 0 Å². The van der Waals surface area contributed by atoms with Gasteiger partial charge in [-0.3, -0.25) is 0 Å². The number of piperidine rings is 1. The fraction of sp³-hybridized carbons (Fsp3) is 1.00. The third kappa shape index (κ3) is 2.48. The molecule has 0 aromatic heterocycles. The molecule has 1 aliphatic heterocycles. The summed E-state index contributed by atoms with van der Waals surface area (Å²) in [5.74, 6) is 0.906. The van der Waals surface area contributed by atoms with Gasteiger partial charge in [-0.25, -0.2) is 0 Å². The Morgan fingerprint density at radius 1 is 1.43 bits per heavy atom. The number of rotatable bonds is 3. The summed E-state index contributed by atoms with van der Waals surface area (Å²) in [4.78, 5) is 0. The molecule has 14 heavy (non-hydrogen) atoms. The molecule has 2 atom stereocenters. The van der Waals surface area contributed by atoms with E-state index in [1.54, 1.807) is 0 Å². The van der Waals surface area contributed by atoms with Crippen molar-refractivity contribution in [2.75, 3.05) is 13.1 Å². The van der Waals surface area contributed by atoms with E-state index in [1.807, 2.05) is 0 Å². The predicted molar refractivity (Wildman–Crippen MR) is 60.4 cm³/mol. The van der Waals surface area contributed by atoms with E-state index in [2.05, 4.69) is 24.5 Å². The van der Waals surface area contributed by atoms with Gasteiger partial charge in [-0.05, 0) is 65.0 Å². The molecule has 1 heterocycles. The van der Waals surface area contributed by atoms with Crippen LogP contribution in [0.5, 0.6) is 0 Å². The third-order valence-electron chi connectivity index (χ3n) is 4.01. The maximum absolute atomic E-state index is 3.76. The van der Waals surface area contributed by atoms with Crippen LogP contribution in [0, 0.1) is 5.92 Å². The maximum Gasteiger partial charge on any atom is 0.0153 e. The van der Waals surface area contributed by atoms with Gasteiger partial charge in [0.15, 0.2) is 0 Å². The Hall–Kier alpha value is -0.0800. The molecule has 2 fully saturated rings. The molecule has 1 aliphatic carbocycles. The Morgan fingerprint density at radius 2 is 2.21 bits per heavy atom. The van der Waals surface area contributed by atoms with Gasteiger partial charge in [-0.15, -0.1) is 0 Å². The normalized spacial score (nSPS) is 36.4. The molecule has 0 amide bonds. The highest BCUT2D eigenvalue weighted by Gasteiger charge is 2.31. The Kier molecular flexibility index (Phi) is 3.13. The molecule has 2 unspecified atom stereocenters. The molecule has 2 rings (SSSR count). The third-order valence-corrected chi connectivity index (χ3v) is 4.01. The Labute approximate surface area is 87.8 Å². The summed E-state index contributed by atoms with van der Waals surface area (Å²) in [7, 11) is 0. The topological polar surface area (TPSA) is 24.1 Å². The second kappa shape index (κ2) is 4.19. The highest BCUT2D eigenvalue weighted by molar-refractivity contribution is 4.92. The summed E-state index contributed by atoms with van der Waals surface area (Å²) in [6, 6.07) is 0.727. The van der Waals surface area contributed by atoms with Crippen molar-refractivity contribution in [3.8, 4) is 0 Å². The van der Waals surface area contributed by atoms with Crippen LogP contribution >= 0.6 is 0 Å². The molecule has 82 valence electrons. The summed E-state index contributed by atoms with van der Waals surface area (Å²) in [6.45, 7) is 7.13. The van der Waals surface area contributed by atoms with Crippen LogP contribution in [-0.4, -0.2) is 24.7 Å². The molecule has 0 radical (unpaired) electrons. The fourth-order valence-corrected chi connectivity index (χ4v) is 2.70. The van der Waals surface area contributed by atoms with Gasteiger partial charge in [0.25, 0.3) is 0 Å². The number of hydrogen-bond donors (Lipinski definition) is 2. The van der Waals surface area contributed by atoms with Crippen LogP contribution in [0.3, 0.4) is 0 Å². The molecular formula is C12H24N2. The summed E-state index contributed by atoms with van der Waals surface area (Å²) in [5.41, 5.74) is 0.494. The second-order valence-electron chi connectivity index (χ2n) is 5.54. The Balaban J connectivity index is 1.69. The van der Waals surface area contributed by atoms with Crippen molar-refractivity contribution >= 4 is 0 Å². The smallest absolute Gasteiger partial charge is 0.0153 e. The van der Waals surface area contributed by atoms with Crippen LogP contribution in [0.15, 0.2) is 0 Å². The monoisotopic (exact) mass is 196 g/mol. The van der Waals surface area contributed by atoms with Crippen LogP contribution in [0.2, 0.25) is 0 Å².